The van der Waals surface area contributed by atoms with Crippen molar-refractivity contribution >= 4 is 5.69 Å². The molecule has 0 bridgehead atoms. The SMILES string of the molecule is C[C@H](O)CN(C[C@H](C)O)c1ccc2c(c1)Cc1ccccc1-2. The van der Waals surface area contributed by atoms with Crippen LogP contribution in [-0.4, -0.2) is 35.5 Å². The number of fused-ring (bicyclic) bond motifs is 3. The third-order valence-electron chi connectivity index (χ3n) is 4.11. The van der Waals surface area contributed by atoms with Crippen molar-refractivity contribution in [2.24, 2.45) is 0 Å². The van der Waals surface area contributed by atoms with E-state index in [2.05, 4.69) is 47.4 Å². The second-order valence-corrected chi connectivity index (χ2v) is 6.28. The highest BCUT2D eigenvalue weighted by atomic mass is 16.3. The van der Waals surface area contributed by atoms with E-state index in [1.54, 1.807) is 13.8 Å². The minimum atomic E-state index is -0.427. The summed E-state index contributed by atoms with van der Waals surface area (Å²) in [4.78, 5) is 2.05. The number of hydrogen-bond donors (Lipinski definition) is 2. The number of aliphatic hydroxyl groups is 2. The Kier molecular flexibility index (Phi) is 4.19. The molecule has 0 saturated carbocycles. The predicted octanol–water partition coefficient (Wildman–Crippen LogP) is 2.83. The van der Waals surface area contributed by atoms with E-state index in [1.807, 2.05) is 0 Å². The second kappa shape index (κ2) is 6.11. The summed E-state index contributed by atoms with van der Waals surface area (Å²) in [5, 5.41) is 19.4. The lowest BCUT2D eigenvalue weighted by Crippen LogP contribution is -2.36. The fourth-order valence-electron chi connectivity index (χ4n) is 3.25. The highest BCUT2D eigenvalue weighted by Crippen LogP contribution is 2.38. The summed E-state index contributed by atoms with van der Waals surface area (Å²) >= 11 is 0. The molecule has 2 atom stereocenters. The van der Waals surface area contributed by atoms with Gasteiger partial charge in [0.2, 0.25) is 0 Å². The van der Waals surface area contributed by atoms with E-state index in [4.69, 9.17) is 0 Å². The van der Waals surface area contributed by atoms with Gasteiger partial charge in [0.1, 0.15) is 0 Å². The number of anilines is 1. The first-order valence-electron chi connectivity index (χ1n) is 7.87. The molecular formula is C19H23NO2. The Balaban J connectivity index is 1.91. The van der Waals surface area contributed by atoms with Crippen molar-refractivity contribution in [2.45, 2.75) is 32.5 Å². The van der Waals surface area contributed by atoms with Crippen LogP contribution >= 0.6 is 0 Å². The molecule has 0 radical (unpaired) electrons. The van der Waals surface area contributed by atoms with Crippen LogP contribution in [0.3, 0.4) is 0 Å². The molecule has 0 unspecified atom stereocenters. The molecule has 1 aliphatic carbocycles. The highest BCUT2D eigenvalue weighted by Gasteiger charge is 2.20. The van der Waals surface area contributed by atoms with E-state index in [-0.39, 0.29) is 0 Å². The Bertz CT molecular complexity index is 654. The first-order valence-corrected chi connectivity index (χ1v) is 7.87. The minimum Gasteiger partial charge on any atom is -0.392 e. The molecule has 0 spiro atoms. The van der Waals surface area contributed by atoms with E-state index in [9.17, 15) is 10.2 Å². The molecule has 3 rings (SSSR count). The molecule has 0 fully saturated rings. The highest BCUT2D eigenvalue weighted by molar-refractivity contribution is 5.78. The van der Waals surface area contributed by atoms with Crippen LogP contribution in [0.15, 0.2) is 42.5 Å². The molecule has 1 aliphatic rings. The summed E-state index contributed by atoms with van der Waals surface area (Å²) in [6.07, 6.45) is 0.102. The molecule has 2 aromatic rings. The molecule has 2 aromatic carbocycles. The molecule has 116 valence electrons. The average molecular weight is 297 g/mol. The molecule has 0 aromatic heterocycles. The molecule has 0 heterocycles. The number of rotatable bonds is 5. The lowest BCUT2D eigenvalue weighted by atomic mass is 10.0. The van der Waals surface area contributed by atoms with Crippen LogP contribution in [0.4, 0.5) is 5.69 Å². The summed E-state index contributed by atoms with van der Waals surface area (Å²) in [7, 11) is 0. The second-order valence-electron chi connectivity index (χ2n) is 6.28. The average Bonchev–Trinajstić information content (AvgIpc) is 2.83. The van der Waals surface area contributed by atoms with Gasteiger partial charge in [-0.25, -0.2) is 0 Å². The molecular weight excluding hydrogens is 274 g/mol. The Labute approximate surface area is 131 Å². The molecule has 0 aliphatic heterocycles. The molecule has 0 amide bonds. The van der Waals surface area contributed by atoms with Crippen molar-refractivity contribution in [3.05, 3.63) is 53.6 Å². The largest absolute Gasteiger partial charge is 0.392 e. The van der Waals surface area contributed by atoms with Gasteiger partial charge in [-0.1, -0.05) is 30.3 Å². The zero-order valence-corrected chi connectivity index (χ0v) is 13.2. The smallest absolute Gasteiger partial charge is 0.0687 e. The maximum atomic E-state index is 9.71. The number of hydrogen-bond acceptors (Lipinski definition) is 3. The Morgan fingerprint density at radius 2 is 1.55 bits per heavy atom. The molecule has 0 saturated heterocycles. The van der Waals surface area contributed by atoms with Crippen molar-refractivity contribution in [1.29, 1.82) is 0 Å². The summed E-state index contributed by atoms with van der Waals surface area (Å²) in [6.45, 7) is 4.60. The Hall–Kier alpha value is -1.84. The van der Waals surface area contributed by atoms with Gasteiger partial charge in [0.25, 0.3) is 0 Å². The zero-order chi connectivity index (χ0) is 15.7. The van der Waals surface area contributed by atoms with Crippen LogP contribution < -0.4 is 4.90 Å². The summed E-state index contributed by atoms with van der Waals surface area (Å²) in [6, 6.07) is 15.0. The van der Waals surface area contributed by atoms with Gasteiger partial charge in [-0.3, -0.25) is 0 Å². The van der Waals surface area contributed by atoms with Gasteiger partial charge in [-0.2, -0.15) is 0 Å². The predicted molar refractivity (Wildman–Crippen MR) is 90.3 cm³/mol. The van der Waals surface area contributed by atoms with Crippen LogP contribution in [0.5, 0.6) is 0 Å². The van der Waals surface area contributed by atoms with Crippen molar-refractivity contribution in [3.63, 3.8) is 0 Å². The molecule has 3 nitrogen and oxygen atoms in total. The number of nitrogens with zero attached hydrogens (tertiary/aromatic N) is 1. The van der Waals surface area contributed by atoms with Gasteiger partial charge in [0, 0.05) is 18.8 Å². The standard InChI is InChI=1S/C19H23NO2/c1-13(21)11-20(12-14(2)22)17-7-8-19-16(10-17)9-15-5-3-4-6-18(15)19/h3-8,10,13-14,21-22H,9,11-12H2,1-2H3/t13-,14-/m0/s1. The van der Waals surface area contributed by atoms with Crippen LogP contribution in [0, 0.1) is 0 Å². The lowest BCUT2D eigenvalue weighted by molar-refractivity contribution is 0.178. The van der Waals surface area contributed by atoms with E-state index in [0.29, 0.717) is 13.1 Å². The number of benzene rings is 2. The fourth-order valence-corrected chi connectivity index (χ4v) is 3.25. The van der Waals surface area contributed by atoms with Crippen molar-refractivity contribution in [1.82, 2.24) is 0 Å². The molecule has 2 N–H and O–H groups in total. The Morgan fingerprint density at radius 1 is 0.909 bits per heavy atom. The number of aliphatic hydroxyl groups excluding tert-OH is 2. The van der Waals surface area contributed by atoms with Gasteiger partial charge in [-0.05, 0) is 54.7 Å². The third-order valence-corrected chi connectivity index (χ3v) is 4.11. The van der Waals surface area contributed by atoms with Gasteiger partial charge in [0.05, 0.1) is 12.2 Å². The Morgan fingerprint density at radius 3 is 2.23 bits per heavy atom. The maximum Gasteiger partial charge on any atom is 0.0687 e. The van der Waals surface area contributed by atoms with Gasteiger partial charge < -0.3 is 15.1 Å². The fraction of sp³-hybridized carbons (Fsp3) is 0.368. The normalized spacial score (nSPS) is 15.1. The van der Waals surface area contributed by atoms with Crippen LogP contribution in [-0.2, 0) is 6.42 Å². The van der Waals surface area contributed by atoms with Crippen molar-refractivity contribution in [2.75, 3.05) is 18.0 Å². The van der Waals surface area contributed by atoms with Crippen molar-refractivity contribution < 1.29 is 10.2 Å². The third kappa shape index (κ3) is 3.01. The summed E-state index contributed by atoms with van der Waals surface area (Å²) in [5.41, 5.74) is 6.37. The minimum absolute atomic E-state index is 0.427. The van der Waals surface area contributed by atoms with Gasteiger partial charge >= 0.3 is 0 Å². The lowest BCUT2D eigenvalue weighted by Gasteiger charge is -2.28. The van der Waals surface area contributed by atoms with E-state index in [0.717, 1.165) is 12.1 Å². The topological polar surface area (TPSA) is 43.7 Å². The van der Waals surface area contributed by atoms with Gasteiger partial charge in [-0.15, -0.1) is 0 Å². The van der Waals surface area contributed by atoms with Crippen LogP contribution in [0.1, 0.15) is 25.0 Å². The summed E-state index contributed by atoms with van der Waals surface area (Å²) < 4.78 is 0. The van der Waals surface area contributed by atoms with E-state index >= 15 is 0 Å². The van der Waals surface area contributed by atoms with E-state index < -0.39 is 12.2 Å². The maximum absolute atomic E-state index is 9.71. The monoisotopic (exact) mass is 297 g/mol. The van der Waals surface area contributed by atoms with Crippen molar-refractivity contribution in [3.8, 4) is 11.1 Å². The van der Waals surface area contributed by atoms with Gasteiger partial charge in [0.15, 0.2) is 0 Å². The van der Waals surface area contributed by atoms with E-state index in [1.165, 1.54) is 22.3 Å². The molecule has 22 heavy (non-hydrogen) atoms. The zero-order valence-electron chi connectivity index (χ0n) is 13.2. The first-order chi connectivity index (χ1) is 10.5. The summed E-state index contributed by atoms with van der Waals surface area (Å²) in [5.74, 6) is 0. The van der Waals surface area contributed by atoms with Crippen LogP contribution in [0.25, 0.3) is 11.1 Å². The first kappa shape index (κ1) is 15.1. The molecule has 3 heteroatoms. The van der Waals surface area contributed by atoms with Crippen LogP contribution in [0.2, 0.25) is 0 Å². The quantitative estimate of drug-likeness (QED) is 0.761.